The lowest BCUT2D eigenvalue weighted by molar-refractivity contribution is 0.130. The molecule has 1 saturated heterocycles. The molecule has 1 atom stereocenters. The van der Waals surface area contributed by atoms with Crippen LogP contribution in [0, 0.1) is 12.8 Å². The molecule has 3 aromatic heterocycles. The first-order valence-electron chi connectivity index (χ1n) is 10.6. The molecule has 1 aromatic carbocycles. The standard InChI is InChI=1S/C21H24N6O4S2/c1-13(15-8-10-26(11-9-15)19-22-14(2)25-31-19)30-21-24-27-12-18(23-20(27)32-21)16-4-6-17(7-5-16)33(3,28)29/h4-7,12-13,15H,8-11H2,1-3H3. The zero-order valence-electron chi connectivity index (χ0n) is 18.5. The number of nitrogens with zero attached hydrogens (tertiary/aromatic N) is 6. The fourth-order valence-electron chi connectivity index (χ4n) is 3.97. The van der Waals surface area contributed by atoms with E-state index in [-0.39, 0.29) is 11.0 Å². The van der Waals surface area contributed by atoms with E-state index in [2.05, 4.69) is 32.0 Å². The molecule has 0 spiro atoms. The predicted molar refractivity (Wildman–Crippen MR) is 123 cm³/mol. The summed E-state index contributed by atoms with van der Waals surface area (Å²) in [5, 5.41) is 8.97. The molecule has 0 bridgehead atoms. The molecule has 0 amide bonds. The van der Waals surface area contributed by atoms with E-state index in [0.29, 0.717) is 23.0 Å². The smallest absolute Gasteiger partial charge is 0.324 e. The molecule has 1 unspecified atom stereocenters. The Morgan fingerprint density at radius 3 is 2.52 bits per heavy atom. The summed E-state index contributed by atoms with van der Waals surface area (Å²) in [6.45, 7) is 5.60. The molecule has 10 nitrogen and oxygen atoms in total. The highest BCUT2D eigenvalue weighted by Gasteiger charge is 2.28. The number of aryl methyl sites for hydroxylation is 1. The van der Waals surface area contributed by atoms with E-state index in [9.17, 15) is 8.42 Å². The van der Waals surface area contributed by atoms with Crippen molar-refractivity contribution in [3.8, 4) is 16.5 Å². The van der Waals surface area contributed by atoms with E-state index in [0.717, 1.165) is 42.1 Å². The van der Waals surface area contributed by atoms with E-state index in [1.807, 2.05) is 13.1 Å². The average Bonchev–Trinajstić information content (AvgIpc) is 3.48. The summed E-state index contributed by atoms with van der Waals surface area (Å²) in [6.07, 6.45) is 4.98. The predicted octanol–water partition coefficient (Wildman–Crippen LogP) is 3.24. The summed E-state index contributed by atoms with van der Waals surface area (Å²) in [5.41, 5.74) is 1.57. The van der Waals surface area contributed by atoms with E-state index in [1.54, 1.807) is 28.8 Å². The lowest BCUT2D eigenvalue weighted by atomic mass is 9.92. The van der Waals surface area contributed by atoms with Crippen LogP contribution in [0.3, 0.4) is 0 Å². The average molecular weight is 489 g/mol. The summed E-state index contributed by atoms with van der Waals surface area (Å²) >= 11 is 1.39. The minimum absolute atomic E-state index is 0.0236. The zero-order chi connectivity index (χ0) is 23.2. The number of ether oxygens (including phenoxy) is 1. The molecule has 4 heterocycles. The lowest BCUT2D eigenvalue weighted by Crippen LogP contribution is -2.38. The van der Waals surface area contributed by atoms with Gasteiger partial charge < -0.3 is 14.2 Å². The van der Waals surface area contributed by atoms with Gasteiger partial charge in [0.1, 0.15) is 6.10 Å². The molecule has 0 radical (unpaired) electrons. The number of hydrogen-bond donors (Lipinski definition) is 0. The second-order valence-electron chi connectivity index (χ2n) is 8.29. The summed E-state index contributed by atoms with van der Waals surface area (Å²) in [7, 11) is -3.22. The first kappa shape index (κ1) is 21.8. The second-order valence-corrected chi connectivity index (χ2v) is 11.2. The first-order valence-corrected chi connectivity index (χ1v) is 13.4. The third-order valence-corrected chi connectivity index (χ3v) is 7.82. The second kappa shape index (κ2) is 8.41. The van der Waals surface area contributed by atoms with Crippen LogP contribution in [0.2, 0.25) is 0 Å². The number of rotatable bonds is 6. The van der Waals surface area contributed by atoms with Crippen LogP contribution >= 0.6 is 11.3 Å². The van der Waals surface area contributed by atoms with Gasteiger partial charge in [-0.05, 0) is 56.1 Å². The molecule has 33 heavy (non-hydrogen) atoms. The van der Waals surface area contributed by atoms with E-state index in [4.69, 9.17) is 9.26 Å². The van der Waals surface area contributed by atoms with Crippen molar-refractivity contribution in [1.82, 2.24) is 24.7 Å². The fraction of sp³-hybridized carbons (Fsp3) is 0.429. The molecule has 4 aromatic rings. The summed E-state index contributed by atoms with van der Waals surface area (Å²) in [5.74, 6) is 1.05. The van der Waals surface area contributed by atoms with Crippen LogP contribution in [0.1, 0.15) is 25.6 Å². The molecule has 1 aliphatic heterocycles. The van der Waals surface area contributed by atoms with Crippen molar-refractivity contribution in [2.75, 3.05) is 24.2 Å². The quantitative estimate of drug-likeness (QED) is 0.403. The Kier molecular flexibility index (Phi) is 5.57. The van der Waals surface area contributed by atoms with Gasteiger partial charge in [-0.2, -0.15) is 4.98 Å². The zero-order valence-corrected chi connectivity index (χ0v) is 20.1. The largest absolute Gasteiger partial charge is 0.466 e. The van der Waals surface area contributed by atoms with Crippen LogP contribution in [-0.2, 0) is 9.84 Å². The molecule has 0 saturated carbocycles. The minimum Gasteiger partial charge on any atom is -0.466 e. The fourth-order valence-corrected chi connectivity index (χ4v) is 5.42. The number of imidazole rings is 1. The molecule has 12 heteroatoms. The number of anilines is 1. The van der Waals surface area contributed by atoms with Crippen molar-refractivity contribution >= 4 is 32.1 Å². The van der Waals surface area contributed by atoms with Gasteiger partial charge in [-0.3, -0.25) is 0 Å². The minimum atomic E-state index is -3.22. The van der Waals surface area contributed by atoms with Gasteiger partial charge >= 0.3 is 6.01 Å². The third kappa shape index (κ3) is 4.58. The number of sulfone groups is 1. The van der Waals surface area contributed by atoms with Crippen molar-refractivity contribution in [3.63, 3.8) is 0 Å². The van der Waals surface area contributed by atoms with Gasteiger partial charge in [0.05, 0.1) is 16.8 Å². The molecular weight excluding hydrogens is 464 g/mol. The van der Waals surface area contributed by atoms with Crippen molar-refractivity contribution < 1.29 is 17.7 Å². The topological polar surface area (TPSA) is 116 Å². The Bertz CT molecular complexity index is 1340. The monoisotopic (exact) mass is 488 g/mol. The number of aromatic nitrogens is 5. The van der Waals surface area contributed by atoms with Crippen LogP contribution in [0.15, 0.2) is 39.9 Å². The molecule has 0 N–H and O–H groups in total. The van der Waals surface area contributed by atoms with Gasteiger partial charge in [-0.1, -0.05) is 17.3 Å². The van der Waals surface area contributed by atoms with Gasteiger partial charge in [-0.25, -0.2) is 17.9 Å². The molecule has 1 aliphatic rings. The van der Waals surface area contributed by atoms with E-state index in [1.165, 1.54) is 17.6 Å². The molecule has 174 valence electrons. The lowest BCUT2D eigenvalue weighted by Gasteiger charge is -2.33. The number of hydrogen-bond acceptors (Lipinski definition) is 10. The van der Waals surface area contributed by atoms with Crippen LogP contribution in [-0.4, -0.2) is 58.6 Å². The Balaban J connectivity index is 1.22. The maximum absolute atomic E-state index is 11.6. The van der Waals surface area contributed by atoms with E-state index < -0.39 is 9.84 Å². The summed E-state index contributed by atoms with van der Waals surface area (Å²) < 4.78 is 36.4. The Morgan fingerprint density at radius 1 is 1.18 bits per heavy atom. The van der Waals surface area contributed by atoms with Crippen molar-refractivity contribution in [3.05, 3.63) is 36.3 Å². The van der Waals surface area contributed by atoms with Gasteiger partial charge in [0.2, 0.25) is 4.96 Å². The third-order valence-electron chi connectivity index (χ3n) is 5.88. The molecule has 0 aliphatic carbocycles. The van der Waals surface area contributed by atoms with Gasteiger partial charge in [-0.15, -0.1) is 5.10 Å². The first-order chi connectivity index (χ1) is 15.8. The normalized spacial score (nSPS) is 16.4. The number of benzene rings is 1. The SMILES string of the molecule is Cc1noc(N2CCC(C(C)Oc3nn4cc(-c5ccc(S(C)(=O)=O)cc5)nc4s3)CC2)n1. The Morgan fingerprint density at radius 2 is 1.91 bits per heavy atom. The highest BCUT2D eigenvalue weighted by Crippen LogP contribution is 2.30. The molecular formula is C21H24N6O4S2. The maximum atomic E-state index is 11.6. The van der Waals surface area contributed by atoms with Crippen LogP contribution in [0.5, 0.6) is 5.19 Å². The highest BCUT2D eigenvalue weighted by atomic mass is 32.2. The molecule has 1 fully saturated rings. The van der Waals surface area contributed by atoms with Gasteiger partial charge in [0.25, 0.3) is 5.19 Å². The van der Waals surface area contributed by atoms with Crippen molar-refractivity contribution in [2.24, 2.45) is 5.92 Å². The number of fused-ring (bicyclic) bond motifs is 1. The Hall–Kier alpha value is -2.99. The van der Waals surface area contributed by atoms with Crippen LogP contribution < -0.4 is 9.64 Å². The maximum Gasteiger partial charge on any atom is 0.324 e. The van der Waals surface area contributed by atoms with Crippen molar-refractivity contribution in [1.29, 1.82) is 0 Å². The van der Waals surface area contributed by atoms with Crippen molar-refractivity contribution in [2.45, 2.75) is 37.7 Å². The van der Waals surface area contributed by atoms with E-state index >= 15 is 0 Å². The summed E-state index contributed by atoms with van der Waals surface area (Å²) in [4.78, 5) is 12.1. The highest BCUT2D eigenvalue weighted by molar-refractivity contribution is 7.90. The van der Waals surface area contributed by atoms with Gasteiger partial charge in [0.15, 0.2) is 15.7 Å². The Labute approximate surface area is 195 Å². The van der Waals surface area contributed by atoms with Crippen LogP contribution in [0.25, 0.3) is 16.2 Å². The molecule has 5 rings (SSSR count). The summed E-state index contributed by atoms with van der Waals surface area (Å²) in [6, 6.07) is 7.27. The van der Waals surface area contributed by atoms with Gasteiger partial charge in [0, 0.05) is 24.9 Å². The number of piperidine rings is 1. The van der Waals surface area contributed by atoms with Crippen LogP contribution in [0.4, 0.5) is 6.01 Å².